The highest BCUT2D eigenvalue weighted by Gasteiger charge is 2.49. The SMILES string of the molecule is C[C@]1(O)COC2(CCN(C(=O)COCC(=O)O)CC2)C[C@@H]1n1cnc2c(N)ncnc21. The third kappa shape index (κ3) is 4.18. The number of rotatable bonds is 5. The maximum Gasteiger partial charge on any atom is 0.329 e. The van der Waals surface area contributed by atoms with E-state index in [1.165, 1.54) is 6.33 Å². The van der Waals surface area contributed by atoms with Crippen molar-refractivity contribution in [1.82, 2.24) is 24.4 Å². The highest BCUT2D eigenvalue weighted by Crippen LogP contribution is 2.44. The van der Waals surface area contributed by atoms with Crippen molar-refractivity contribution < 1.29 is 29.3 Å². The molecule has 0 aromatic carbocycles. The molecule has 2 aliphatic heterocycles. The van der Waals surface area contributed by atoms with E-state index in [1.807, 2.05) is 4.57 Å². The van der Waals surface area contributed by atoms with Crippen LogP contribution in [0, 0.1) is 0 Å². The first kappa shape index (κ1) is 21.4. The second-order valence-corrected chi connectivity index (χ2v) is 8.40. The van der Waals surface area contributed by atoms with Gasteiger partial charge in [-0.05, 0) is 19.8 Å². The van der Waals surface area contributed by atoms with Gasteiger partial charge in [0.2, 0.25) is 5.91 Å². The van der Waals surface area contributed by atoms with Crippen LogP contribution in [-0.4, -0.2) is 90.6 Å². The second kappa shape index (κ2) is 8.02. The average molecular weight is 434 g/mol. The van der Waals surface area contributed by atoms with Crippen molar-refractivity contribution in [3.05, 3.63) is 12.7 Å². The number of piperidine rings is 1. The molecule has 4 N–H and O–H groups in total. The lowest BCUT2D eigenvalue weighted by atomic mass is 9.77. The average Bonchev–Trinajstić information content (AvgIpc) is 3.15. The van der Waals surface area contributed by atoms with Crippen LogP contribution in [0.15, 0.2) is 12.7 Å². The number of aromatic nitrogens is 4. The van der Waals surface area contributed by atoms with Crippen molar-refractivity contribution in [1.29, 1.82) is 0 Å². The number of aliphatic carboxylic acids is 1. The van der Waals surface area contributed by atoms with Crippen molar-refractivity contribution in [2.24, 2.45) is 0 Å². The normalized spacial score (nSPS) is 25.7. The topological polar surface area (TPSA) is 166 Å². The lowest BCUT2D eigenvalue weighted by Gasteiger charge is -2.51. The van der Waals surface area contributed by atoms with Crippen LogP contribution in [0.2, 0.25) is 0 Å². The number of carboxylic acids is 1. The number of hydrogen-bond donors (Lipinski definition) is 3. The number of anilines is 1. The molecule has 4 heterocycles. The molecule has 1 spiro atoms. The number of ether oxygens (including phenoxy) is 2. The van der Waals surface area contributed by atoms with Crippen LogP contribution in [0.3, 0.4) is 0 Å². The standard InChI is InChI=1S/C19H26N6O6/c1-18(29)9-31-19(2-4-24(5-3-19)13(26)7-30-8-14(27)28)6-12(18)25-11-23-15-16(20)21-10-22-17(15)25/h10-12,29H,2-9H2,1H3,(H,27,28)(H2,20,21,22)/t12-,18-/m0/s1. The summed E-state index contributed by atoms with van der Waals surface area (Å²) in [7, 11) is 0. The Balaban J connectivity index is 1.47. The van der Waals surface area contributed by atoms with Crippen molar-refractivity contribution >= 4 is 28.9 Å². The molecule has 12 nitrogen and oxygen atoms in total. The van der Waals surface area contributed by atoms with Crippen molar-refractivity contribution in [2.45, 2.75) is 43.4 Å². The number of carboxylic acid groups (broad SMARTS) is 1. The van der Waals surface area contributed by atoms with Crippen molar-refractivity contribution in [3.8, 4) is 0 Å². The van der Waals surface area contributed by atoms with Crippen LogP contribution < -0.4 is 5.73 Å². The largest absolute Gasteiger partial charge is 0.480 e. The Hall–Kier alpha value is -2.83. The van der Waals surface area contributed by atoms with E-state index < -0.39 is 23.8 Å². The van der Waals surface area contributed by atoms with E-state index in [9.17, 15) is 14.7 Å². The Morgan fingerprint density at radius 2 is 2.03 bits per heavy atom. The van der Waals surface area contributed by atoms with E-state index in [1.54, 1.807) is 18.2 Å². The van der Waals surface area contributed by atoms with Gasteiger partial charge in [0, 0.05) is 19.5 Å². The number of nitrogen functional groups attached to an aromatic ring is 1. The number of nitrogens with zero attached hydrogens (tertiary/aromatic N) is 5. The van der Waals surface area contributed by atoms with Gasteiger partial charge in [-0.1, -0.05) is 0 Å². The number of imidazole rings is 1. The van der Waals surface area contributed by atoms with E-state index in [-0.39, 0.29) is 31.0 Å². The fourth-order valence-electron chi connectivity index (χ4n) is 4.35. The number of fused-ring (bicyclic) bond motifs is 1. The van der Waals surface area contributed by atoms with Gasteiger partial charge in [-0.15, -0.1) is 0 Å². The van der Waals surface area contributed by atoms with Gasteiger partial charge < -0.3 is 34.9 Å². The predicted molar refractivity (Wildman–Crippen MR) is 107 cm³/mol. The summed E-state index contributed by atoms with van der Waals surface area (Å²) in [5.74, 6) is -1.08. The Morgan fingerprint density at radius 1 is 1.29 bits per heavy atom. The Kier molecular flexibility index (Phi) is 5.54. The molecule has 0 saturated carbocycles. The van der Waals surface area contributed by atoms with Crippen LogP contribution in [0.4, 0.5) is 5.82 Å². The molecule has 168 valence electrons. The summed E-state index contributed by atoms with van der Waals surface area (Å²) in [6, 6.07) is -0.346. The van der Waals surface area contributed by atoms with Gasteiger partial charge in [0.15, 0.2) is 11.5 Å². The van der Waals surface area contributed by atoms with Crippen molar-refractivity contribution in [3.63, 3.8) is 0 Å². The van der Waals surface area contributed by atoms with Gasteiger partial charge in [-0.3, -0.25) is 4.79 Å². The number of likely N-dealkylation sites (tertiary alicyclic amines) is 1. The highest BCUT2D eigenvalue weighted by atomic mass is 16.5. The maximum absolute atomic E-state index is 12.3. The highest BCUT2D eigenvalue weighted by molar-refractivity contribution is 5.81. The van der Waals surface area contributed by atoms with E-state index in [0.29, 0.717) is 43.5 Å². The first-order chi connectivity index (χ1) is 14.7. The summed E-state index contributed by atoms with van der Waals surface area (Å²) in [6.45, 7) is 2.01. The second-order valence-electron chi connectivity index (χ2n) is 8.40. The zero-order valence-corrected chi connectivity index (χ0v) is 17.2. The molecular weight excluding hydrogens is 408 g/mol. The van der Waals surface area contributed by atoms with E-state index in [0.717, 1.165) is 0 Å². The fourth-order valence-corrected chi connectivity index (χ4v) is 4.35. The molecule has 12 heteroatoms. The summed E-state index contributed by atoms with van der Waals surface area (Å²) in [6.07, 6.45) is 4.69. The van der Waals surface area contributed by atoms with Gasteiger partial charge in [0.05, 0.1) is 24.6 Å². The number of amides is 1. The third-order valence-corrected chi connectivity index (χ3v) is 6.16. The third-order valence-electron chi connectivity index (χ3n) is 6.16. The van der Waals surface area contributed by atoms with E-state index in [4.69, 9.17) is 20.3 Å². The number of hydrogen-bond acceptors (Lipinski definition) is 9. The number of carbonyl (C=O) groups excluding carboxylic acids is 1. The lowest BCUT2D eigenvalue weighted by molar-refractivity contribution is -0.201. The maximum atomic E-state index is 12.3. The molecule has 2 atom stereocenters. The molecule has 2 saturated heterocycles. The van der Waals surface area contributed by atoms with Crippen LogP contribution >= 0.6 is 0 Å². The number of aliphatic hydroxyl groups is 1. The monoisotopic (exact) mass is 434 g/mol. The fraction of sp³-hybridized carbons (Fsp3) is 0.632. The number of nitrogens with two attached hydrogens (primary N) is 1. The molecule has 0 unspecified atom stereocenters. The van der Waals surface area contributed by atoms with Crippen LogP contribution in [0.5, 0.6) is 0 Å². The summed E-state index contributed by atoms with van der Waals surface area (Å²) >= 11 is 0. The van der Waals surface area contributed by atoms with Gasteiger partial charge in [0.1, 0.15) is 30.7 Å². The minimum atomic E-state index is -1.14. The Labute approximate surface area is 178 Å². The van der Waals surface area contributed by atoms with E-state index in [2.05, 4.69) is 15.0 Å². The zero-order valence-electron chi connectivity index (χ0n) is 17.2. The Bertz CT molecular complexity index is 983. The summed E-state index contributed by atoms with van der Waals surface area (Å²) in [4.78, 5) is 37.0. The summed E-state index contributed by atoms with van der Waals surface area (Å²) in [5, 5.41) is 19.7. The predicted octanol–water partition coefficient (Wildman–Crippen LogP) is -0.417. The molecule has 0 radical (unpaired) electrons. The van der Waals surface area contributed by atoms with Crippen LogP contribution in [0.1, 0.15) is 32.2 Å². The van der Waals surface area contributed by atoms with Gasteiger partial charge >= 0.3 is 5.97 Å². The molecule has 31 heavy (non-hydrogen) atoms. The molecule has 2 aromatic heterocycles. The van der Waals surface area contributed by atoms with Crippen molar-refractivity contribution in [2.75, 3.05) is 38.6 Å². The molecule has 2 fully saturated rings. The Morgan fingerprint density at radius 3 is 2.74 bits per heavy atom. The minimum absolute atomic E-state index is 0.133. The first-order valence-corrected chi connectivity index (χ1v) is 10.1. The number of carbonyl (C=O) groups is 2. The van der Waals surface area contributed by atoms with Crippen LogP contribution in [-0.2, 0) is 19.1 Å². The minimum Gasteiger partial charge on any atom is -0.480 e. The smallest absolute Gasteiger partial charge is 0.329 e. The quantitative estimate of drug-likeness (QED) is 0.562. The lowest BCUT2D eigenvalue weighted by Crippen LogP contribution is -2.57. The summed E-state index contributed by atoms with van der Waals surface area (Å²) in [5.41, 5.74) is 5.30. The molecule has 2 aromatic rings. The molecule has 0 aliphatic carbocycles. The van der Waals surface area contributed by atoms with Gasteiger partial charge in [-0.2, -0.15) is 0 Å². The first-order valence-electron chi connectivity index (χ1n) is 10.1. The van der Waals surface area contributed by atoms with Gasteiger partial charge in [0.25, 0.3) is 0 Å². The van der Waals surface area contributed by atoms with E-state index >= 15 is 0 Å². The molecule has 0 bridgehead atoms. The molecule has 4 rings (SSSR count). The molecule has 2 aliphatic rings. The zero-order chi connectivity index (χ0) is 22.2. The summed E-state index contributed by atoms with van der Waals surface area (Å²) < 4.78 is 12.9. The molecular formula is C19H26N6O6. The van der Waals surface area contributed by atoms with Crippen LogP contribution in [0.25, 0.3) is 11.2 Å². The molecule has 1 amide bonds. The van der Waals surface area contributed by atoms with Gasteiger partial charge in [-0.25, -0.2) is 19.7 Å².